The Balaban J connectivity index is 1.68. The van der Waals surface area contributed by atoms with Crippen molar-refractivity contribution < 1.29 is 4.74 Å². The zero-order valence-electron chi connectivity index (χ0n) is 12.5. The van der Waals surface area contributed by atoms with Crippen molar-refractivity contribution in [2.75, 3.05) is 33.4 Å². The molecule has 0 radical (unpaired) electrons. The molecular weight excluding hydrogens is 272 g/mol. The number of aryl methyl sites for hydroxylation is 2. The summed E-state index contributed by atoms with van der Waals surface area (Å²) in [5, 5.41) is 7.88. The van der Waals surface area contributed by atoms with Crippen LogP contribution in [0.2, 0.25) is 0 Å². The average Bonchev–Trinajstić information content (AvgIpc) is 3.05. The van der Waals surface area contributed by atoms with E-state index in [-0.39, 0.29) is 0 Å². The molecule has 1 fully saturated rings. The van der Waals surface area contributed by atoms with Crippen molar-refractivity contribution >= 4 is 17.3 Å². The van der Waals surface area contributed by atoms with Crippen LogP contribution in [0.4, 0.5) is 0 Å². The monoisotopic (exact) mass is 296 g/mol. The van der Waals surface area contributed by atoms with E-state index in [1.165, 1.54) is 9.88 Å². The van der Waals surface area contributed by atoms with Crippen molar-refractivity contribution in [3.63, 3.8) is 0 Å². The maximum absolute atomic E-state index is 5.37. The number of aromatic nitrogens is 1. The summed E-state index contributed by atoms with van der Waals surface area (Å²) in [5.74, 6) is 1.47. The van der Waals surface area contributed by atoms with E-state index < -0.39 is 0 Å². The van der Waals surface area contributed by atoms with Crippen LogP contribution in [0.15, 0.2) is 4.99 Å². The molecule has 5 nitrogen and oxygen atoms in total. The number of rotatable bonds is 5. The Morgan fingerprint density at radius 1 is 1.45 bits per heavy atom. The lowest BCUT2D eigenvalue weighted by molar-refractivity contribution is 0.186. The highest BCUT2D eigenvalue weighted by molar-refractivity contribution is 7.11. The number of nitrogens with zero attached hydrogens (tertiary/aromatic N) is 2. The summed E-state index contributed by atoms with van der Waals surface area (Å²) in [6.07, 6.45) is 2.08. The molecule has 1 aromatic rings. The van der Waals surface area contributed by atoms with Gasteiger partial charge in [0, 0.05) is 44.0 Å². The van der Waals surface area contributed by atoms with Crippen LogP contribution < -0.4 is 10.6 Å². The number of hydrogen-bond acceptors (Lipinski definition) is 4. The highest BCUT2D eigenvalue weighted by Crippen LogP contribution is 2.16. The Morgan fingerprint density at radius 3 is 2.90 bits per heavy atom. The van der Waals surface area contributed by atoms with Crippen LogP contribution in [0.1, 0.15) is 22.0 Å². The van der Waals surface area contributed by atoms with Gasteiger partial charge in [0.2, 0.25) is 0 Å². The van der Waals surface area contributed by atoms with E-state index in [0.717, 1.165) is 50.8 Å². The van der Waals surface area contributed by atoms with E-state index in [1.807, 2.05) is 0 Å². The van der Waals surface area contributed by atoms with Crippen LogP contribution in [-0.2, 0) is 11.2 Å². The van der Waals surface area contributed by atoms with Crippen LogP contribution in [0.5, 0.6) is 0 Å². The number of thiazole rings is 1. The van der Waals surface area contributed by atoms with Crippen molar-refractivity contribution in [1.29, 1.82) is 0 Å². The zero-order valence-corrected chi connectivity index (χ0v) is 13.3. The van der Waals surface area contributed by atoms with Crippen molar-refractivity contribution in [3.05, 3.63) is 15.6 Å². The maximum atomic E-state index is 5.37. The second kappa shape index (κ2) is 7.59. The van der Waals surface area contributed by atoms with Crippen molar-refractivity contribution in [2.45, 2.75) is 26.7 Å². The average molecular weight is 296 g/mol. The van der Waals surface area contributed by atoms with Gasteiger partial charge in [-0.1, -0.05) is 0 Å². The van der Waals surface area contributed by atoms with E-state index >= 15 is 0 Å². The van der Waals surface area contributed by atoms with Gasteiger partial charge < -0.3 is 15.4 Å². The standard InChI is InChI=1S/C14H24N4OS/c1-10-11(2)20-13(18-10)4-6-16-14(15-3)17-8-12-5-7-19-9-12/h12H,4-9H2,1-3H3,(H2,15,16,17). The molecule has 0 amide bonds. The summed E-state index contributed by atoms with van der Waals surface area (Å²) in [6, 6.07) is 0. The van der Waals surface area contributed by atoms with Gasteiger partial charge in [0.05, 0.1) is 17.3 Å². The molecule has 1 unspecified atom stereocenters. The van der Waals surface area contributed by atoms with E-state index in [2.05, 4.69) is 34.5 Å². The van der Waals surface area contributed by atoms with E-state index in [1.54, 1.807) is 18.4 Å². The number of aliphatic imine (C=N–C) groups is 1. The SMILES string of the molecule is CN=C(NCCc1nc(C)c(C)s1)NCC1CCOC1. The fourth-order valence-electron chi connectivity index (χ4n) is 2.14. The molecule has 2 rings (SSSR count). The van der Waals surface area contributed by atoms with Crippen LogP contribution in [-0.4, -0.2) is 44.3 Å². The maximum Gasteiger partial charge on any atom is 0.191 e. The molecule has 6 heteroatoms. The molecule has 20 heavy (non-hydrogen) atoms. The smallest absolute Gasteiger partial charge is 0.191 e. The minimum absolute atomic E-state index is 0.609. The topological polar surface area (TPSA) is 58.5 Å². The fraction of sp³-hybridized carbons (Fsp3) is 0.714. The number of nitrogens with one attached hydrogen (secondary N) is 2. The van der Waals surface area contributed by atoms with Crippen LogP contribution >= 0.6 is 11.3 Å². The molecule has 1 saturated heterocycles. The molecule has 0 bridgehead atoms. The lowest BCUT2D eigenvalue weighted by Gasteiger charge is -2.13. The van der Waals surface area contributed by atoms with Gasteiger partial charge in [0.15, 0.2) is 5.96 Å². The first kappa shape index (κ1) is 15.3. The molecule has 0 spiro atoms. The van der Waals surface area contributed by atoms with E-state index in [0.29, 0.717) is 5.92 Å². The van der Waals surface area contributed by atoms with Gasteiger partial charge in [-0.3, -0.25) is 4.99 Å². The zero-order chi connectivity index (χ0) is 14.4. The minimum atomic E-state index is 0.609. The highest BCUT2D eigenvalue weighted by atomic mass is 32.1. The summed E-state index contributed by atoms with van der Waals surface area (Å²) < 4.78 is 5.37. The molecule has 112 valence electrons. The Bertz CT molecular complexity index is 433. The van der Waals surface area contributed by atoms with Gasteiger partial charge in [-0.05, 0) is 20.3 Å². The second-order valence-corrected chi connectivity index (χ2v) is 6.40. The Kier molecular flexibility index (Phi) is 5.79. The fourth-order valence-corrected chi connectivity index (χ4v) is 3.07. The third kappa shape index (κ3) is 4.45. The van der Waals surface area contributed by atoms with Gasteiger partial charge in [-0.25, -0.2) is 4.98 Å². The molecule has 1 aromatic heterocycles. The first-order valence-corrected chi connectivity index (χ1v) is 7.96. The van der Waals surface area contributed by atoms with Gasteiger partial charge >= 0.3 is 0 Å². The summed E-state index contributed by atoms with van der Waals surface area (Å²) in [7, 11) is 1.80. The molecular formula is C14H24N4OS. The Labute approximate surface area is 124 Å². The van der Waals surface area contributed by atoms with Gasteiger partial charge in [-0.15, -0.1) is 11.3 Å². The molecule has 0 aliphatic carbocycles. The van der Waals surface area contributed by atoms with E-state index in [4.69, 9.17) is 4.74 Å². The molecule has 0 saturated carbocycles. The number of guanidine groups is 1. The van der Waals surface area contributed by atoms with Gasteiger partial charge in [0.25, 0.3) is 0 Å². The molecule has 2 N–H and O–H groups in total. The molecule has 1 atom stereocenters. The third-order valence-corrected chi connectivity index (χ3v) is 4.64. The lowest BCUT2D eigenvalue weighted by atomic mass is 10.1. The molecule has 1 aliphatic heterocycles. The van der Waals surface area contributed by atoms with Gasteiger partial charge in [0.1, 0.15) is 0 Å². The quantitative estimate of drug-likeness (QED) is 0.639. The second-order valence-electron chi connectivity index (χ2n) is 5.11. The van der Waals surface area contributed by atoms with Gasteiger partial charge in [-0.2, -0.15) is 0 Å². The predicted octanol–water partition coefficient (Wildman–Crippen LogP) is 1.50. The first-order valence-electron chi connectivity index (χ1n) is 7.14. The van der Waals surface area contributed by atoms with Crippen molar-refractivity contribution in [2.24, 2.45) is 10.9 Å². The predicted molar refractivity (Wildman–Crippen MR) is 83.6 cm³/mol. The summed E-state index contributed by atoms with van der Waals surface area (Å²) in [6.45, 7) is 7.71. The van der Waals surface area contributed by atoms with Crippen molar-refractivity contribution in [1.82, 2.24) is 15.6 Å². The largest absolute Gasteiger partial charge is 0.381 e. The molecule has 0 aromatic carbocycles. The van der Waals surface area contributed by atoms with Crippen LogP contribution in [0.25, 0.3) is 0 Å². The minimum Gasteiger partial charge on any atom is -0.381 e. The Morgan fingerprint density at radius 2 is 2.30 bits per heavy atom. The molecule has 2 heterocycles. The number of ether oxygens (including phenoxy) is 1. The summed E-state index contributed by atoms with van der Waals surface area (Å²) >= 11 is 1.78. The first-order chi connectivity index (χ1) is 9.69. The number of hydrogen-bond donors (Lipinski definition) is 2. The highest BCUT2D eigenvalue weighted by Gasteiger charge is 2.15. The summed E-state index contributed by atoms with van der Waals surface area (Å²) in [5.41, 5.74) is 1.15. The lowest BCUT2D eigenvalue weighted by Crippen LogP contribution is -2.40. The van der Waals surface area contributed by atoms with Crippen LogP contribution in [0, 0.1) is 19.8 Å². The molecule has 1 aliphatic rings. The van der Waals surface area contributed by atoms with E-state index in [9.17, 15) is 0 Å². The summed E-state index contributed by atoms with van der Waals surface area (Å²) in [4.78, 5) is 10.1. The van der Waals surface area contributed by atoms with Crippen molar-refractivity contribution in [3.8, 4) is 0 Å². The third-order valence-electron chi connectivity index (χ3n) is 3.51. The van der Waals surface area contributed by atoms with Crippen LogP contribution in [0.3, 0.4) is 0 Å². The normalized spacial score (nSPS) is 19.4. The Hall–Kier alpha value is -1.14.